The van der Waals surface area contributed by atoms with Gasteiger partial charge in [0, 0.05) is 44.4 Å². The number of nitrogens with one attached hydrogen (secondary N) is 2. The number of guanidine groups is 1. The summed E-state index contributed by atoms with van der Waals surface area (Å²) in [7, 11) is 1.63. The molecule has 1 aliphatic heterocycles. The molecule has 27 heavy (non-hydrogen) atoms. The zero-order valence-corrected chi connectivity index (χ0v) is 18.7. The first-order chi connectivity index (χ1) is 12.7. The van der Waals surface area contributed by atoms with Gasteiger partial charge >= 0.3 is 0 Å². The first-order valence-electron chi connectivity index (χ1n) is 9.31. The number of carbonyl (C=O) groups excluding carboxylic acids is 1. The Hall–Kier alpha value is -1.71. The van der Waals surface area contributed by atoms with Crippen molar-refractivity contribution in [2.75, 3.05) is 45.2 Å². The molecule has 1 heterocycles. The van der Waals surface area contributed by atoms with Gasteiger partial charge in [-0.1, -0.05) is 0 Å². The smallest absolute Gasteiger partial charge is 0.222 e. The zero-order chi connectivity index (χ0) is 18.8. The molecule has 152 valence electrons. The number of nitrogens with zero attached hydrogens (tertiary/aromatic N) is 2. The van der Waals surface area contributed by atoms with Crippen LogP contribution >= 0.6 is 24.0 Å². The lowest BCUT2D eigenvalue weighted by Gasteiger charge is -2.16. The number of carbonyl (C=O) groups is 1. The molecule has 0 aliphatic carbocycles. The number of hydrogen-bond donors (Lipinski definition) is 2. The lowest BCUT2D eigenvalue weighted by Crippen LogP contribution is -2.31. The Morgan fingerprint density at radius 3 is 2.74 bits per heavy atom. The van der Waals surface area contributed by atoms with E-state index < -0.39 is 0 Å². The van der Waals surface area contributed by atoms with Gasteiger partial charge < -0.3 is 25.0 Å². The topological polar surface area (TPSA) is 75.2 Å². The predicted molar refractivity (Wildman–Crippen MR) is 120 cm³/mol. The van der Waals surface area contributed by atoms with E-state index in [1.54, 1.807) is 7.11 Å². The van der Waals surface area contributed by atoms with Crippen LogP contribution in [-0.2, 0) is 4.79 Å². The molecular weight excluding hydrogens is 459 g/mol. The van der Waals surface area contributed by atoms with E-state index in [9.17, 15) is 4.79 Å². The summed E-state index contributed by atoms with van der Waals surface area (Å²) in [5, 5.41) is 6.52. The summed E-state index contributed by atoms with van der Waals surface area (Å²) in [5.41, 5.74) is 0.878. The molecule has 1 fully saturated rings. The van der Waals surface area contributed by atoms with Gasteiger partial charge in [0.15, 0.2) is 17.5 Å². The summed E-state index contributed by atoms with van der Waals surface area (Å²) < 4.78 is 10.9. The average Bonchev–Trinajstić information content (AvgIpc) is 3.04. The van der Waals surface area contributed by atoms with Crippen molar-refractivity contribution in [1.29, 1.82) is 0 Å². The van der Waals surface area contributed by atoms with Gasteiger partial charge in [0.25, 0.3) is 0 Å². The van der Waals surface area contributed by atoms with Crippen LogP contribution in [0.3, 0.4) is 0 Å². The van der Waals surface area contributed by atoms with E-state index in [0.717, 1.165) is 38.2 Å². The zero-order valence-electron chi connectivity index (χ0n) is 16.4. The molecule has 1 amide bonds. The van der Waals surface area contributed by atoms with Gasteiger partial charge in [-0.05, 0) is 38.8 Å². The molecule has 0 saturated carbocycles. The Morgan fingerprint density at radius 2 is 2.11 bits per heavy atom. The van der Waals surface area contributed by atoms with Crippen molar-refractivity contribution in [1.82, 2.24) is 10.2 Å². The minimum atomic E-state index is 0. The summed E-state index contributed by atoms with van der Waals surface area (Å²) in [6, 6.07) is 5.70. The third kappa shape index (κ3) is 7.43. The fourth-order valence-corrected chi connectivity index (χ4v) is 2.86. The van der Waals surface area contributed by atoms with E-state index in [1.807, 2.05) is 36.9 Å². The number of methoxy groups -OCH3 is 1. The quantitative estimate of drug-likeness (QED) is 0.241. The van der Waals surface area contributed by atoms with Crippen LogP contribution in [0.1, 0.15) is 33.1 Å². The van der Waals surface area contributed by atoms with Gasteiger partial charge in [-0.25, -0.2) is 0 Å². The molecule has 7 nitrogen and oxygen atoms in total. The van der Waals surface area contributed by atoms with Crippen LogP contribution in [0.25, 0.3) is 0 Å². The van der Waals surface area contributed by atoms with Crippen LogP contribution in [-0.4, -0.2) is 56.7 Å². The Morgan fingerprint density at radius 1 is 1.30 bits per heavy atom. The van der Waals surface area contributed by atoms with Crippen molar-refractivity contribution in [2.45, 2.75) is 33.1 Å². The molecule has 1 aromatic carbocycles. The maximum absolute atomic E-state index is 11.6. The second kappa shape index (κ2) is 12.6. The van der Waals surface area contributed by atoms with Crippen molar-refractivity contribution in [3.63, 3.8) is 0 Å². The standard InChI is InChI=1S/C19H30N4O3.HI/c1-4-20-19(21-11-7-13-23-12-6-8-18(23)24)22-15-9-10-16(25-3)17(14-15)26-5-2;/h9-10,14H,4-8,11-13H2,1-3H3,(H2,20,21,22);1H. The van der Waals surface area contributed by atoms with Gasteiger partial charge in [0.1, 0.15) is 0 Å². The van der Waals surface area contributed by atoms with E-state index in [2.05, 4.69) is 15.6 Å². The van der Waals surface area contributed by atoms with Crippen molar-refractivity contribution >= 4 is 41.5 Å². The Kier molecular flexibility index (Phi) is 10.9. The molecule has 0 spiro atoms. The first-order valence-corrected chi connectivity index (χ1v) is 9.31. The van der Waals surface area contributed by atoms with Crippen LogP contribution < -0.4 is 20.1 Å². The predicted octanol–water partition coefficient (Wildman–Crippen LogP) is 3.10. The minimum Gasteiger partial charge on any atom is -0.493 e. The lowest BCUT2D eigenvalue weighted by atomic mass is 10.2. The van der Waals surface area contributed by atoms with E-state index in [-0.39, 0.29) is 29.9 Å². The maximum atomic E-state index is 11.6. The number of halogens is 1. The fraction of sp³-hybridized carbons (Fsp3) is 0.579. The second-order valence-corrected chi connectivity index (χ2v) is 6.02. The molecule has 1 saturated heterocycles. The van der Waals surface area contributed by atoms with E-state index in [0.29, 0.717) is 37.0 Å². The number of anilines is 1. The molecule has 0 aromatic heterocycles. The highest BCUT2D eigenvalue weighted by atomic mass is 127. The summed E-state index contributed by atoms with van der Waals surface area (Å²) in [6.45, 7) is 7.63. The number of ether oxygens (including phenoxy) is 2. The highest BCUT2D eigenvalue weighted by molar-refractivity contribution is 14.0. The molecule has 2 N–H and O–H groups in total. The fourth-order valence-electron chi connectivity index (χ4n) is 2.86. The van der Waals surface area contributed by atoms with Crippen LogP contribution in [0.15, 0.2) is 23.2 Å². The SMILES string of the molecule is CCNC(=NCCCN1CCCC1=O)Nc1ccc(OC)c(OCC)c1.I. The molecular formula is C19H31IN4O3. The number of likely N-dealkylation sites (tertiary alicyclic amines) is 1. The van der Waals surface area contributed by atoms with Crippen LogP contribution in [0.4, 0.5) is 5.69 Å². The third-order valence-electron chi connectivity index (χ3n) is 4.10. The highest BCUT2D eigenvalue weighted by Crippen LogP contribution is 2.30. The van der Waals surface area contributed by atoms with Crippen LogP contribution in [0.5, 0.6) is 11.5 Å². The summed E-state index contributed by atoms with van der Waals surface area (Å²) in [4.78, 5) is 18.1. The normalized spacial score (nSPS) is 14.0. The lowest BCUT2D eigenvalue weighted by molar-refractivity contribution is -0.127. The van der Waals surface area contributed by atoms with Crippen molar-refractivity contribution in [3.05, 3.63) is 18.2 Å². The van der Waals surface area contributed by atoms with Crippen molar-refractivity contribution in [2.24, 2.45) is 4.99 Å². The molecule has 8 heteroatoms. The Labute approximate surface area is 178 Å². The third-order valence-corrected chi connectivity index (χ3v) is 4.10. The number of rotatable bonds is 9. The molecule has 0 radical (unpaired) electrons. The number of amides is 1. The van der Waals surface area contributed by atoms with Gasteiger partial charge in [-0.15, -0.1) is 24.0 Å². The Bertz CT molecular complexity index is 625. The van der Waals surface area contributed by atoms with Gasteiger partial charge in [0.05, 0.1) is 13.7 Å². The average molecular weight is 490 g/mol. The first kappa shape index (κ1) is 23.3. The number of aliphatic imine (C=N–C) groups is 1. The maximum Gasteiger partial charge on any atom is 0.222 e. The highest BCUT2D eigenvalue weighted by Gasteiger charge is 2.18. The Balaban J connectivity index is 0.00000364. The van der Waals surface area contributed by atoms with Gasteiger partial charge in [0.2, 0.25) is 5.91 Å². The van der Waals surface area contributed by atoms with Gasteiger partial charge in [-0.2, -0.15) is 0 Å². The van der Waals surface area contributed by atoms with Crippen LogP contribution in [0.2, 0.25) is 0 Å². The summed E-state index contributed by atoms with van der Waals surface area (Å²) in [6.07, 6.45) is 2.52. The van der Waals surface area contributed by atoms with Gasteiger partial charge in [-0.3, -0.25) is 9.79 Å². The molecule has 1 aromatic rings. The molecule has 2 rings (SSSR count). The minimum absolute atomic E-state index is 0. The van der Waals surface area contributed by atoms with Crippen molar-refractivity contribution < 1.29 is 14.3 Å². The monoisotopic (exact) mass is 490 g/mol. The van der Waals surface area contributed by atoms with E-state index >= 15 is 0 Å². The summed E-state index contributed by atoms with van der Waals surface area (Å²) in [5.74, 6) is 2.38. The van der Waals surface area contributed by atoms with E-state index in [1.165, 1.54) is 0 Å². The number of hydrogen-bond acceptors (Lipinski definition) is 4. The molecule has 0 atom stereocenters. The van der Waals surface area contributed by atoms with Crippen LogP contribution in [0, 0.1) is 0 Å². The molecule has 0 unspecified atom stereocenters. The summed E-state index contributed by atoms with van der Waals surface area (Å²) >= 11 is 0. The van der Waals surface area contributed by atoms with E-state index in [4.69, 9.17) is 9.47 Å². The van der Waals surface area contributed by atoms with Crippen molar-refractivity contribution in [3.8, 4) is 11.5 Å². The number of benzene rings is 1. The largest absolute Gasteiger partial charge is 0.493 e. The second-order valence-electron chi connectivity index (χ2n) is 6.02. The molecule has 0 bridgehead atoms. The molecule has 1 aliphatic rings.